The zero-order valence-corrected chi connectivity index (χ0v) is 11.5. The van der Waals surface area contributed by atoms with E-state index in [1.54, 1.807) is 37.3 Å². The third-order valence-corrected chi connectivity index (χ3v) is 3.41. The molecule has 0 bridgehead atoms. The molecule has 0 spiro atoms. The highest BCUT2D eigenvalue weighted by Gasteiger charge is 2.13. The molecule has 0 saturated heterocycles. The number of aliphatic hydroxyl groups excluding tert-OH is 1. The fourth-order valence-corrected chi connectivity index (χ4v) is 2.30. The fraction of sp³-hybridized carbons (Fsp3) is 0.133. The van der Waals surface area contributed by atoms with E-state index in [0.29, 0.717) is 15.6 Å². The molecule has 1 atom stereocenters. The van der Waals surface area contributed by atoms with Gasteiger partial charge in [0.25, 0.3) is 0 Å². The van der Waals surface area contributed by atoms with Crippen molar-refractivity contribution in [2.75, 3.05) is 0 Å². The van der Waals surface area contributed by atoms with Crippen LogP contribution < -0.4 is 0 Å². The van der Waals surface area contributed by atoms with E-state index in [1.165, 1.54) is 0 Å². The molecule has 2 rings (SSSR count). The minimum atomic E-state index is -0.540. The predicted octanol–water partition coefficient (Wildman–Crippen LogP) is 3.73. The zero-order chi connectivity index (χ0) is 13.1. The van der Waals surface area contributed by atoms with Crippen molar-refractivity contribution >= 4 is 21.7 Å². The minimum Gasteiger partial charge on any atom is -0.389 e. The maximum atomic E-state index is 12.3. The van der Waals surface area contributed by atoms with Crippen LogP contribution in [0.25, 0.3) is 0 Å². The Hall–Kier alpha value is -1.45. The van der Waals surface area contributed by atoms with Crippen LogP contribution in [0.2, 0.25) is 0 Å². The topological polar surface area (TPSA) is 37.3 Å². The smallest absolute Gasteiger partial charge is 0.194 e. The summed E-state index contributed by atoms with van der Waals surface area (Å²) in [6, 6.07) is 14.4. The van der Waals surface area contributed by atoms with Gasteiger partial charge in [0.1, 0.15) is 0 Å². The van der Waals surface area contributed by atoms with E-state index >= 15 is 0 Å². The van der Waals surface area contributed by atoms with Gasteiger partial charge in [-0.3, -0.25) is 4.79 Å². The standard InChI is InChI=1S/C15H13BrO2/c1-10(17)12-7-8-13(14(16)9-12)15(18)11-5-3-2-4-6-11/h2-10,17H,1H3. The van der Waals surface area contributed by atoms with Gasteiger partial charge in [-0.25, -0.2) is 0 Å². The first kappa shape index (κ1) is 13.0. The first-order valence-corrected chi connectivity index (χ1v) is 6.46. The van der Waals surface area contributed by atoms with Gasteiger partial charge in [-0.1, -0.05) is 52.3 Å². The Balaban J connectivity index is 2.38. The van der Waals surface area contributed by atoms with Crippen LogP contribution in [-0.2, 0) is 0 Å². The molecule has 0 aliphatic rings. The molecule has 18 heavy (non-hydrogen) atoms. The summed E-state index contributed by atoms with van der Waals surface area (Å²) in [5.41, 5.74) is 2.04. The zero-order valence-electron chi connectivity index (χ0n) is 9.93. The Labute approximate surface area is 114 Å². The molecule has 0 amide bonds. The van der Waals surface area contributed by atoms with Crippen LogP contribution in [-0.4, -0.2) is 10.9 Å². The molecule has 0 saturated carbocycles. The maximum Gasteiger partial charge on any atom is 0.194 e. The molecule has 2 nitrogen and oxygen atoms in total. The molecule has 0 radical (unpaired) electrons. The molecule has 0 aliphatic heterocycles. The molecule has 1 unspecified atom stereocenters. The molecule has 0 aliphatic carbocycles. The monoisotopic (exact) mass is 304 g/mol. The van der Waals surface area contributed by atoms with Gasteiger partial charge in [0.05, 0.1) is 6.10 Å². The number of carbonyl (C=O) groups excluding carboxylic acids is 1. The van der Waals surface area contributed by atoms with Gasteiger partial charge < -0.3 is 5.11 Å². The molecular formula is C15H13BrO2. The number of benzene rings is 2. The largest absolute Gasteiger partial charge is 0.389 e. The highest BCUT2D eigenvalue weighted by molar-refractivity contribution is 9.10. The summed E-state index contributed by atoms with van der Waals surface area (Å²) >= 11 is 3.38. The summed E-state index contributed by atoms with van der Waals surface area (Å²) in [5.74, 6) is -0.0281. The van der Waals surface area contributed by atoms with Crippen LogP contribution >= 0.6 is 15.9 Å². The average molecular weight is 305 g/mol. The number of rotatable bonds is 3. The van der Waals surface area contributed by atoms with Crippen molar-refractivity contribution in [3.05, 3.63) is 69.7 Å². The average Bonchev–Trinajstić information content (AvgIpc) is 2.38. The predicted molar refractivity (Wildman–Crippen MR) is 74.7 cm³/mol. The van der Waals surface area contributed by atoms with Gasteiger partial charge >= 0.3 is 0 Å². The van der Waals surface area contributed by atoms with Crippen molar-refractivity contribution in [2.45, 2.75) is 13.0 Å². The lowest BCUT2D eigenvalue weighted by Gasteiger charge is -2.08. The van der Waals surface area contributed by atoms with Crippen molar-refractivity contribution in [3.8, 4) is 0 Å². The molecule has 1 N–H and O–H groups in total. The number of hydrogen-bond acceptors (Lipinski definition) is 2. The lowest BCUT2D eigenvalue weighted by molar-refractivity contribution is 0.103. The number of aliphatic hydroxyl groups is 1. The van der Waals surface area contributed by atoms with Crippen LogP contribution in [0.1, 0.15) is 34.5 Å². The van der Waals surface area contributed by atoms with E-state index in [0.717, 1.165) is 5.56 Å². The van der Waals surface area contributed by atoms with Gasteiger partial charge in [0.15, 0.2) is 5.78 Å². The number of hydrogen-bond donors (Lipinski definition) is 1. The summed E-state index contributed by atoms with van der Waals surface area (Å²) in [7, 11) is 0. The van der Waals surface area contributed by atoms with E-state index in [-0.39, 0.29) is 5.78 Å². The quantitative estimate of drug-likeness (QED) is 0.877. The van der Waals surface area contributed by atoms with Gasteiger partial charge in [0, 0.05) is 15.6 Å². The second-order valence-corrected chi connectivity index (χ2v) is 4.96. The van der Waals surface area contributed by atoms with Gasteiger partial charge in [-0.2, -0.15) is 0 Å². The third-order valence-electron chi connectivity index (χ3n) is 2.76. The number of ketones is 1. The SMILES string of the molecule is CC(O)c1ccc(C(=O)c2ccccc2)c(Br)c1. The van der Waals surface area contributed by atoms with E-state index < -0.39 is 6.10 Å². The molecule has 2 aromatic carbocycles. The normalized spacial score (nSPS) is 12.2. The fourth-order valence-electron chi connectivity index (χ4n) is 1.72. The highest BCUT2D eigenvalue weighted by Crippen LogP contribution is 2.24. The van der Waals surface area contributed by atoms with Crippen molar-refractivity contribution in [3.63, 3.8) is 0 Å². The van der Waals surface area contributed by atoms with E-state index in [4.69, 9.17) is 0 Å². The molecular weight excluding hydrogens is 292 g/mol. The summed E-state index contributed by atoms with van der Waals surface area (Å²) in [5, 5.41) is 9.49. The van der Waals surface area contributed by atoms with Gasteiger partial charge in [-0.15, -0.1) is 0 Å². The molecule has 0 aromatic heterocycles. The van der Waals surface area contributed by atoms with E-state index in [1.807, 2.05) is 18.2 Å². The molecule has 0 fully saturated rings. The Morgan fingerprint density at radius 3 is 2.39 bits per heavy atom. The third kappa shape index (κ3) is 2.68. The van der Waals surface area contributed by atoms with Crippen LogP contribution in [0, 0.1) is 0 Å². The van der Waals surface area contributed by atoms with Crippen molar-refractivity contribution in [1.29, 1.82) is 0 Å². The Kier molecular flexibility index (Phi) is 3.94. The van der Waals surface area contributed by atoms with Gasteiger partial charge in [-0.05, 0) is 24.6 Å². The summed E-state index contributed by atoms with van der Waals surface area (Å²) in [6.07, 6.45) is -0.540. The van der Waals surface area contributed by atoms with E-state index in [9.17, 15) is 9.90 Å². The van der Waals surface area contributed by atoms with Crippen molar-refractivity contribution in [2.24, 2.45) is 0 Å². The summed E-state index contributed by atoms with van der Waals surface area (Å²) in [6.45, 7) is 1.69. The number of halogens is 1. The van der Waals surface area contributed by atoms with Crippen LogP contribution in [0.15, 0.2) is 53.0 Å². The molecule has 92 valence electrons. The first-order chi connectivity index (χ1) is 8.59. The number of carbonyl (C=O) groups is 1. The minimum absolute atomic E-state index is 0.0281. The Morgan fingerprint density at radius 2 is 1.83 bits per heavy atom. The first-order valence-electron chi connectivity index (χ1n) is 5.67. The molecule has 3 heteroatoms. The maximum absolute atomic E-state index is 12.3. The van der Waals surface area contributed by atoms with E-state index in [2.05, 4.69) is 15.9 Å². The lowest BCUT2D eigenvalue weighted by Crippen LogP contribution is -2.03. The summed E-state index contributed by atoms with van der Waals surface area (Å²) in [4.78, 5) is 12.3. The second kappa shape index (κ2) is 5.46. The molecule has 0 heterocycles. The summed E-state index contributed by atoms with van der Waals surface area (Å²) < 4.78 is 0.703. The van der Waals surface area contributed by atoms with Crippen molar-refractivity contribution < 1.29 is 9.90 Å². The molecule has 2 aromatic rings. The van der Waals surface area contributed by atoms with Crippen molar-refractivity contribution in [1.82, 2.24) is 0 Å². The van der Waals surface area contributed by atoms with Crippen LogP contribution in [0.4, 0.5) is 0 Å². The second-order valence-electron chi connectivity index (χ2n) is 4.11. The highest BCUT2D eigenvalue weighted by atomic mass is 79.9. The lowest BCUT2D eigenvalue weighted by atomic mass is 10.0. The van der Waals surface area contributed by atoms with Crippen LogP contribution in [0.5, 0.6) is 0 Å². The Morgan fingerprint density at radius 1 is 1.17 bits per heavy atom. The van der Waals surface area contributed by atoms with Gasteiger partial charge in [0.2, 0.25) is 0 Å². The van der Waals surface area contributed by atoms with Crippen LogP contribution in [0.3, 0.4) is 0 Å². The Bertz CT molecular complexity index is 562.